The normalized spacial score (nSPS) is 19.5. The third kappa shape index (κ3) is 4.75. The minimum Gasteiger partial charge on any atom is -0.479 e. The second kappa shape index (κ2) is 10.5. The van der Waals surface area contributed by atoms with E-state index in [2.05, 4.69) is 29.6 Å². The van der Waals surface area contributed by atoms with Crippen molar-refractivity contribution in [2.75, 3.05) is 33.4 Å². The van der Waals surface area contributed by atoms with Gasteiger partial charge in [-0.25, -0.2) is 9.59 Å². The summed E-state index contributed by atoms with van der Waals surface area (Å²) in [6.07, 6.45) is 0.875. The van der Waals surface area contributed by atoms with Gasteiger partial charge in [0.25, 0.3) is 0 Å². The summed E-state index contributed by atoms with van der Waals surface area (Å²) in [6.45, 7) is 2.46. The zero-order chi connectivity index (χ0) is 25.0. The Balaban J connectivity index is 1.37. The van der Waals surface area contributed by atoms with Crippen LogP contribution in [0.4, 0.5) is 4.79 Å². The van der Waals surface area contributed by atoms with E-state index in [9.17, 15) is 19.5 Å². The van der Waals surface area contributed by atoms with Gasteiger partial charge in [0.2, 0.25) is 5.91 Å². The predicted octanol–water partition coefficient (Wildman–Crippen LogP) is 3.64. The van der Waals surface area contributed by atoms with Crippen molar-refractivity contribution >= 4 is 18.0 Å². The minimum absolute atomic E-state index is 0.0385. The van der Waals surface area contributed by atoms with Gasteiger partial charge in [-0.2, -0.15) is 0 Å². The summed E-state index contributed by atoms with van der Waals surface area (Å²) in [5, 5.41) is 12.5. The smallest absolute Gasteiger partial charge is 0.407 e. The summed E-state index contributed by atoms with van der Waals surface area (Å²) in [6, 6.07) is 16.2. The van der Waals surface area contributed by atoms with E-state index in [4.69, 9.17) is 9.47 Å². The predicted molar refractivity (Wildman–Crippen MR) is 130 cm³/mol. The number of nitrogens with one attached hydrogen (secondary N) is 1. The Morgan fingerprint density at radius 1 is 1.14 bits per heavy atom. The van der Waals surface area contributed by atoms with Gasteiger partial charge in [0.05, 0.1) is 12.5 Å². The molecule has 186 valence electrons. The van der Waals surface area contributed by atoms with Crippen LogP contribution in [0, 0.1) is 5.92 Å². The van der Waals surface area contributed by atoms with Crippen LogP contribution in [-0.4, -0.2) is 66.9 Å². The fourth-order valence-electron chi connectivity index (χ4n) is 5.13. The van der Waals surface area contributed by atoms with E-state index in [1.807, 2.05) is 31.2 Å². The molecule has 0 bridgehead atoms. The summed E-state index contributed by atoms with van der Waals surface area (Å²) in [4.78, 5) is 39.0. The number of aliphatic carboxylic acids is 1. The Kier molecular flexibility index (Phi) is 7.40. The summed E-state index contributed by atoms with van der Waals surface area (Å²) < 4.78 is 10.9. The molecule has 8 heteroatoms. The SMILES string of the molecule is CCCC(CNC(=O)OCC1c2ccccc2-c2ccccc21)C(=O)N(C)C1(C(=O)O)CCOC1. The van der Waals surface area contributed by atoms with Crippen LogP contribution in [0.5, 0.6) is 0 Å². The molecule has 2 aliphatic rings. The van der Waals surface area contributed by atoms with Gasteiger partial charge >= 0.3 is 12.1 Å². The molecule has 2 aromatic rings. The van der Waals surface area contributed by atoms with Crippen LogP contribution >= 0.6 is 0 Å². The Morgan fingerprint density at radius 2 is 1.77 bits per heavy atom. The van der Waals surface area contributed by atoms with Gasteiger partial charge in [-0.1, -0.05) is 61.9 Å². The average molecular weight is 481 g/mol. The lowest BCUT2D eigenvalue weighted by atomic mass is 9.93. The largest absolute Gasteiger partial charge is 0.479 e. The molecule has 35 heavy (non-hydrogen) atoms. The first-order chi connectivity index (χ1) is 16.9. The van der Waals surface area contributed by atoms with E-state index in [-0.39, 0.29) is 38.0 Å². The highest BCUT2D eigenvalue weighted by molar-refractivity contribution is 5.88. The number of likely N-dealkylation sites (N-methyl/N-ethyl adjacent to an activating group) is 1. The number of carboxylic acids is 1. The molecule has 1 aliphatic carbocycles. The number of carbonyl (C=O) groups is 3. The fourth-order valence-corrected chi connectivity index (χ4v) is 5.13. The van der Waals surface area contributed by atoms with Gasteiger partial charge in [-0.05, 0) is 28.7 Å². The molecule has 1 heterocycles. The fraction of sp³-hybridized carbons (Fsp3) is 0.444. The molecule has 4 rings (SSSR count). The van der Waals surface area contributed by atoms with Crippen LogP contribution in [0.15, 0.2) is 48.5 Å². The number of alkyl carbamates (subject to hydrolysis) is 1. The van der Waals surface area contributed by atoms with Crippen molar-refractivity contribution in [2.24, 2.45) is 5.92 Å². The highest BCUT2D eigenvalue weighted by atomic mass is 16.5. The van der Waals surface area contributed by atoms with Crippen LogP contribution in [0.1, 0.15) is 43.2 Å². The number of carboxylic acid groups (broad SMARTS) is 1. The van der Waals surface area contributed by atoms with Crippen molar-refractivity contribution < 1.29 is 29.0 Å². The number of nitrogens with zero attached hydrogens (tertiary/aromatic N) is 1. The Bertz CT molecular complexity index is 1050. The van der Waals surface area contributed by atoms with Crippen LogP contribution in [0.2, 0.25) is 0 Å². The lowest BCUT2D eigenvalue weighted by Gasteiger charge is -2.35. The van der Waals surface area contributed by atoms with E-state index in [1.165, 1.54) is 11.9 Å². The second-order valence-electron chi connectivity index (χ2n) is 9.23. The Labute approximate surface area is 205 Å². The van der Waals surface area contributed by atoms with Crippen molar-refractivity contribution in [3.63, 3.8) is 0 Å². The van der Waals surface area contributed by atoms with Crippen LogP contribution < -0.4 is 5.32 Å². The van der Waals surface area contributed by atoms with Crippen molar-refractivity contribution in [1.29, 1.82) is 0 Å². The molecule has 8 nitrogen and oxygen atoms in total. The third-order valence-electron chi connectivity index (χ3n) is 7.19. The quantitative estimate of drug-likeness (QED) is 0.568. The van der Waals surface area contributed by atoms with Gasteiger partial charge < -0.3 is 24.8 Å². The van der Waals surface area contributed by atoms with Crippen LogP contribution in [0.25, 0.3) is 11.1 Å². The summed E-state index contributed by atoms with van der Waals surface area (Å²) >= 11 is 0. The Hall–Kier alpha value is -3.39. The standard InChI is InChI=1S/C27H32N2O6/c1-3-8-18(24(30)29(2)27(25(31)32)13-14-34-17-27)15-28-26(33)35-16-23-21-11-6-4-9-19(21)20-10-5-7-12-22(20)23/h4-7,9-12,18,23H,3,8,13-17H2,1-2H3,(H,28,33)(H,31,32). The molecule has 2 N–H and O–H groups in total. The first-order valence-electron chi connectivity index (χ1n) is 12.1. The number of amides is 2. The van der Waals surface area contributed by atoms with Crippen molar-refractivity contribution in [2.45, 2.75) is 37.6 Å². The molecule has 1 saturated heterocycles. The zero-order valence-corrected chi connectivity index (χ0v) is 20.2. The van der Waals surface area contributed by atoms with Gasteiger partial charge in [0.15, 0.2) is 5.54 Å². The highest BCUT2D eigenvalue weighted by Crippen LogP contribution is 2.44. The molecule has 2 unspecified atom stereocenters. The van der Waals surface area contributed by atoms with E-state index in [1.54, 1.807) is 0 Å². The third-order valence-corrected chi connectivity index (χ3v) is 7.19. The second-order valence-corrected chi connectivity index (χ2v) is 9.23. The van der Waals surface area contributed by atoms with E-state index >= 15 is 0 Å². The minimum atomic E-state index is -1.37. The molecule has 0 saturated carbocycles. The number of rotatable bonds is 9. The van der Waals surface area contributed by atoms with E-state index < -0.39 is 23.5 Å². The molecule has 0 aromatic heterocycles. The number of hydrogen-bond acceptors (Lipinski definition) is 5. The number of hydrogen-bond donors (Lipinski definition) is 2. The zero-order valence-electron chi connectivity index (χ0n) is 20.2. The highest BCUT2D eigenvalue weighted by Gasteiger charge is 2.49. The molecule has 2 atom stereocenters. The first kappa shape index (κ1) is 24.7. The van der Waals surface area contributed by atoms with Gasteiger partial charge in [-0.3, -0.25) is 4.79 Å². The maximum Gasteiger partial charge on any atom is 0.407 e. The maximum absolute atomic E-state index is 13.2. The molecule has 0 radical (unpaired) electrons. The molecule has 1 aliphatic heterocycles. The maximum atomic E-state index is 13.2. The average Bonchev–Trinajstić information content (AvgIpc) is 3.49. The molecule has 2 aromatic carbocycles. The summed E-state index contributed by atoms with van der Waals surface area (Å²) in [7, 11) is 1.50. The van der Waals surface area contributed by atoms with Gasteiger partial charge in [0.1, 0.15) is 6.61 Å². The molecule has 0 spiro atoms. The van der Waals surface area contributed by atoms with Crippen LogP contribution in [0.3, 0.4) is 0 Å². The number of benzene rings is 2. The van der Waals surface area contributed by atoms with Crippen molar-refractivity contribution in [1.82, 2.24) is 10.2 Å². The van der Waals surface area contributed by atoms with Gasteiger partial charge in [-0.15, -0.1) is 0 Å². The number of ether oxygens (including phenoxy) is 2. The number of carbonyl (C=O) groups excluding carboxylic acids is 2. The molecule has 2 amide bonds. The molecular formula is C27H32N2O6. The molecule has 1 fully saturated rings. The van der Waals surface area contributed by atoms with E-state index in [0.717, 1.165) is 22.3 Å². The number of fused-ring (bicyclic) bond motifs is 3. The van der Waals surface area contributed by atoms with Crippen molar-refractivity contribution in [3.8, 4) is 11.1 Å². The van der Waals surface area contributed by atoms with Gasteiger partial charge in [0, 0.05) is 32.5 Å². The monoisotopic (exact) mass is 480 g/mol. The van der Waals surface area contributed by atoms with E-state index in [0.29, 0.717) is 19.4 Å². The molecular weight excluding hydrogens is 448 g/mol. The Morgan fingerprint density at radius 3 is 2.31 bits per heavy atom. The van der Waals surface area contributed by atoms with Crippen LogP contribution in [-0.2, 0) is 19.1 Å². The lowest BCUT2D eigenvalue weighted by Crippen LogP contribution is -2.58. The summed E-state index contributed by atoms with van der Waals surface area (Å²) in [5.41, 5.74) is 3.18. The first-order valence-corrected chi connectivity index (χ1v) is 12.1. The lowest BCUT2D eigenvalue weighted by molar-refractivity contribution is -0.159. The van der Waals surface area contributed by atoms with Crippen molar-refractivity contribution in [3.05, 3.63) is 59.7 Å². The topological polar surface area (TPSA) is 105 Å². The summed E-state index contributed by atoms with van der Waals surface area (Å²) in [5.74, 6) is -2.00.